The van der Waals surface area contributed by atoms with Gasteiger partial charge in [0.05, 0.1) is 12.6 Å². The smallest absolute Gasteiger partial charge is 0.319 e. The summed E-state index contributed by atoms with van der Waals surface area (Å²) in [5.74, 6) is -1.41. The van der Waals surface area contributed by atoms with Crippen LogP contribution in [0.1, 0.15) is 17.8 Å². The van der Waals surface area contributed by atoms with E-state index in [1.54, 1.807) is 24.5 Å². The van der Waals surface area contributed by atoms with E-state index < -0.39 is 17.9 Å². The van der Waals surface area contributed by atoms with Crippen LogP contribution >= 0.6 is 23.1 Å². The number of hydrogen-bond donors (Lipinski definition) is 2. The van der Waals surface area contributed by atoms with Gasteiger partial charge in [-0.15, -0.1) is 11.3 Å². The number of amides is 2. The fourth-order valence-electron chi connectivity index (χ4n) is 2.60. The van der Waals surface area contributed by atoms with Crippen LogP contribution in [0.4, 0.5) is 9.18 Å². The van der Waals surface area contributed by atoms with Crippen molar-refractivity contribution in [2.24, 2.45) is 5.92 Å². The number of thioether (sulfide) groups is 1. The summed E-state index contributed by atoms with van der Waals surface area (Å²) in [5.41, 5.74) is 0.458. The lowest BCUT2D eigenvalue weighted by molar-refractivity contribution is -0.147. The first kappa shape index (κ1) is 18.5. The SMILES string of the molecule is CCOC(=O)[C@H]1/C(=C\Sc2ccc(F)cc2)NC(=O)N[C@@H]1c1cccs1. The number of carbonyl (C=O) groups excluding carboxylic acids is 2. The molecule has 1 saturated heterocycles. The third-order valence-electron chi connectivity index (χ3n) is 3.74. The van der Waals surface area contributed by atoms with Gasteiger partial charge in [-0.2, -0.15) is 0 Å². The summed E-state index contributed by atoms with van der Waals surface area (Å²) in [6.07, 6.45) is 0. The van der Waals surface area contributed by atoms with Gasteiger partial charge in [-0.1, -0.05) is 17.8 Å². The van der Waals surface area contributed by atoms with Crippen molar-refractivity contribution in [1.29, 1.82) is 0 Å². The summed E-state index contributed by atoms with van der Waals surface area (Å²) in [6, 6.07) is 8.85. The average Bonchev–Trinajstić information content (AvgIpc) is 3.15. The predicted molar refractivity (Wildman–Crippen MR) is 99.2 cm³/mol. The van der Waals surface area contributed by atoms with E-state index in [2.05, 4.69) is 10.6 Å². The highest BCUT2D eigenvalue weighted by molar-refractivity contribution is 8.02. The molecule has 26 heavy (non-hydrogen) atoms. The standard InChI is InChI=1S/C18H17FN2O3S2/c1-2-24-17(22)15-13(10-26-12-7-5-11(19)6-8-12)20-18(23)21-16(15)14-4-3-9-25-14/h3-10,15-16H,2H2,1H3,(H2,20,21,23)/b13-10+/t15-,16+/m0/s1. The van der Waals surface area contributed by atoms with Gasteiger partial charge >= 0.3 is 12.0 Å². The van der Waals surface area contributed by atoms with Crippen LogP contribution in [0.25, 0.3) is 0 Å². The summed E-state index contributed by atoms with van der Waals surface area (Å²) in [4.78, 5) is 26.3. The number of esters is 1. The number of rotatable bonds is 5. The minimum absolute atomic E-state index is 0.249. The molecule has 3 rings (SSSR count). The van der Waals surface area contributed by atoms with E-state index in [-0.39, 0.29) is 18.5 Å². The molecule has 2 heterocycles. The zero-order valence-corrected chi connectivity index (χ0v) is 15.5. The molecule has 1 fully saturated rings. The predicted octanol–water partition coefficient (Wildman–Crippen LogP) is 4.05. The van der Waals surface area contributed by atoms with Crippen molar-refractivity contribution in [3.8, 4) is 0 Å². The lowest BCUT2D eigenvalue weighted by Gasteiger charge is -2.32. The number of nitrogens with one attached hydrogen (secondary N) is 2. The zero-order valence-electron chi connectivity index (χ0n) is 13.9. The van der Waals surface area contributed by atoms with Gasteiger partial charge in [0.25, 0.3) is 0 Å². The molecule has 2 N–H and O–H groups in total. The minimum atomic E-state index is -0.681. The van der Waals surface area contributed by atoms with Gasteiger partial charge in [0.2, 0.25) is 0 Å². The van der Waals surface area contributed by atoms with E-state index in [9.17, 15) is 14.0 Å². The number of urea groups is 1. The van der Waals surface area contributed by atoms with Crippen molar-refractivity contribution in [2.45, 2.75) is 17.9 Å². The molecule has 8 heteroatoms. The molecule has 0 spiro atoms. The lowest BCUT2D eigenvalue weighted by Crippen LogP contribution is -2.51. The van der Waals surface area contributed by atoms with Gasteiger partial charge in [-0.25, -0.2) is 9.18 Å². The second-order valence-corrected chi connectivity index (χ2v) is 7.39. The van der Waals surface area contributed by atoms with E-state index in [0.29, 0.717) is 5.70 Å². The molecule has 0 unspecified atom stereocenters. The van der Waals surface area contributed by atoms with Crippen LogP contribution in [0.3, 0.4) is 0 Å². The fourth-order valence-corrected chi connectivity index (χ4v) is 4.17. The van der Waals surface area contributed by atoms with Crippen molar-refractivity contribution in [1.82, 2.24) is 10.6 Å². The molecule has 2 atom stereocenters. The van der Waals surface area contributed by atoms with Gasteiger partial charge < -0.3 is 15.4 Å². The van der Waals surface area contributed by atoms with Crippen LogP contribution in [-0.4, -0.2) is 18.6 Å². The maximum atomic E-state index is 13.0. The number of benzene rings is 1. The average molecular weight is 392 g/mol. The number of hydrogen-bond acceptors (Lipinski definition) is 5. The molecule has 5 nitrogen and oxygen atoms in total. The van der Waals surface area contributed by atoms with Gasteiger partial charge in [0.15, 0.2) is 0 Å². The Kier molecular flexibility index (Phi) is 5.95. The second-order valence-electron chi connectivity index (χ2n) is 5.47. The van der Waals surface area contributed by atoms with E-state index in [4.69, 9.17) is 4.74 Å². The summed E-state index contributed by atoms with van der Waals surface area (Å²) in [7, 11) is 0. The molecule has 0 aliphatic carbocycles. The molecular formula is C18H17FN2O3S2. The maximum Gasteiger partial charge on any atom is 0.319 e. The summed E-state index contributed by atoms with van der Waals surface area (Å²) in [5, 5.41) is 9.10. The lowest BCUT2D eigenvalue weighted by atomic mass is 9.93. The Labute approximate surface area is 158 Å². The van der Waals surface area contributed by atoms with Gasteiger partial charge in [-0.05, 0) is 48.0 Å². The Morgan fingerprint density at radius 1 is 1.35 bits per heavy atom. The second kappa shape index (κ2) is 8.37. The van der Waals surface area contributed by atoms with Gasteiger partial charge in [0, 0.05) is 15.5 Å². The molecule has 0 saturated carbocycles. The molecule has 0 radical (unpaired) electrons. The van der Waals surface area contributed by atoms with Crippen LogP contribution < -0.4 is 10.6 Å². The molecule has 2 aromatic rings. The van der Waals surface area contributed by atoms with Gasteiger partial charge in [-0.3, -0.25) is 4.79 Å². The quantitative estimate of drug-likeness (QED) is 0.595. The molecule has 2 amide bonds. The van der Waals surface area contributed by atoms with Crippen LogP contribution in [-0.2, 0) is 9.53 Å². The first-order valence-corrected chi connectivity index (χ1v) is 9.74. The summed E-state index contributed by atoms with van der Waals surface area (Å²) >= 11 is 2.76. The molecule has 0 bridgehead atoms. The van der Waals surface area contributed by atoms with Crippen LogP contribution in [0, 0.1) is 11.7 Å². The number of carbonyl (C=O) groups is 2. The Balaban J connectivity index is 1.91. The van der Waals surface area contributed by atoms with Gasteiger partial charge in [0.1, 0.15) is 11.7 Å². The Morgan fingerprint density at radius 2 is 2.12 bits per heavy atom. The topological polar surface area (TPSA) is 67.4 Å². The first-order valence-electron chi connectivity index (χ1n) is 7.98. The van der Waals surface area contributed by atoms with E-state index >= 15 is 0 Å². The number of ether oxygens (including phenoxy) is 1. The minimum Gasteiger partial charge on any atom is -0.465 e. The largest absolute Gasteiger partial charge is 0.465 e. The van der Waals surface area contributed by atoms with E-state index in [1.165, 1.54) is 35.2 Å². The fraction of sp³-hybridized carbons (Fsp3) is 0.222. The summed E-state index contributed by atoms with van der Waals surface area (Å²) in [6.45, 7) is 1.99. The third-order valence-corrected chi connectivity index (χ3v) is 5.61. The molecule has 1 aliphatic heterocycles. The zero-order chi connectivity index (χ0) is 18.5. The van der Waals surface area contributed by atoms with Crippen LogP contribution in [0.2, 0.25) is 0 Å². The third kappa shape index (κ3) is 4.25. The van der Waals surface area contributed by atoms with Crippen molar-refractivity contribution in [2.75, 3.05) is 6.61 Å². The number of halogens is 1. The Morgan fingerprint density at radius 3 is 2.77 bits per heavy atom. The molecule has 136 valence electrons. The summed E-state index contributed by atoms with van der Waals surface area (Å²) < 4.78 is 18.3. The van der Waals surface area contributed by atoms with Crippen molar-refractivity contribution in [3.05, 3.63) is 63.6 Å². The van der Waals surface area contributed by atoms with Crippen molar-refractivity contribution in [3.63, 3.8) is 0 Å². The normalized spacial score (nSPS) is 21.2. The highest BCUT2D eigenvalue weighted by atomic mass is 32.2. The molecule has 1 aromatic carbocycles. The highest BCUT2D eigenvalue weighted by Gasteiger charge is 2.40. The molecular weight excluding hydrogens is 375 g/mol. The van der Waals surface area contributed by atoms with Crippen molar-refractivity contribution < 1.29 is 18.7 Å². The molecule has 1 aliphatic rings. The Hall–Kier alpha value is -2.32. The maximum absolute atomic E-state index is 13.0. The van der Waals surface area contributed by atoms with Crippen LogP contribution in [0.15, 0.2) is 57.8 Å². The molecule has 1 aromatic heterocycles. The first-order chi connectivity index (χ1) is 12.6. The van der Waals surface area contributed by atoms with E-state index in [0.717, 1.165) is 9.77 Å². The number of thiophene rings is 1. The van der Waals surface area contributed by atoms with E-state index in [1.807, 2.05) is 17.5 Å². The monoisotopic (exact) mass is 392 g/mol. The van der Waals surface area contributed by atoms with Crippen molar-refractivity contribution >= 4 is 35.1 Å². The highest BCUT2D eigenvalue weighted by Crippen LogP contribution is 2.35. The van der Waals surface area contributed by atoms with Crippen LogP contribution in [0.5, 0.6) is 0 Å². The Bertz CT molecular complexity index is 806.